The Balaban J connectivity index is 1.83. The van der Waals surface area contributed by atoms with Crippen LogP contribution in [0.4, 0.5) is 0 Å². The van der Waals surface area contributed by atoms with Crippen molar-refractivity contribution in [3.8, 4) is 0 Å². The van der Waals surface area contributed by atoms with E-state index in [4.69, 9.17) is 16.6 Å². The second-order valence-electron chi connectivity index (χ2n) is 12.7. The number of likely N-dealkylation sites (tertiary alicyclic amines) is 2. The molecule has 0 radical (unpaired) electrons. The minimum absolute atomic E-state index is 0.0335. The predicted molar refractivity (Wildman–Crippen MR) is 179 cm³/mol. The molecule has 2 aliphatic heterocycles. The van der Waals surface area contributed by atoms with Gasteiger partial charge in [-0.3, -0.25) is 38.4 Å². The SMILES string of the molecule is NC(=O)CC[C@H](NC(=O)[C@H](CCC(=O)O)NC(=O)[C@@H](N)CC(=O)O)C(=O)N1CCC[C@H]1C(=O)N[C@@H](Cc1ccccc1)C(=O)N1CCC[C@H]1C(=O)O. The topological polar surface area (TPSA) is 309 Å². The lowest BCUT2D eigenvalue weighted by Crippen LogP contribution is -2.59. The lowest BCUT2D eigenvalue weighted by atomic mass is 10.0. The smallest absolute Gasteiger partial charge is 0.326 e. The van der Waals surface area contributed by atoms with Crippen LogP contribution in [-0.4, -0.2) is 128 Å². The number of benzene rings is 1. The number of nitrogens with one attached hydrogen (secondary N) is 3. The first-order valence-electron chi connectivity index (χ1n) is 16.8. The second kappa shape index (κ2) is 19.1. The van der Waals surface area contributed by atoms with Gasteiger partial charge in [0.15, 0.2) is 0 Å². The average Bonchev–Trinajstić information content (AvgIpc) is 3.78. The van der Waals surface area contributed by atoms with Crippen molar-refractivity contribution < 1.29 is 58.5 Å². The standard InChI is InChI=1S/C33H45N7O12/c34-19(17-27(44)45)28(46)36-20(11-13-26(42)43)29(47)37-21(10-12-25(35)41)31(49)39-14-4-8-23(39)30(48)38-22(16-18-6-2-1-3-7-18)32(50)40-15-5-9-24(40)33(51)52/h1-3,6-7,19-24H,4-5,8-17,34H2,(H2,35,41)(H,36,46)(H,37,47)(H,38,48)(H,42,43)(H,44,45)(H,51,52)/t19-,20-,21-,22-,23-,24-/m0/s1. The molecule has 52 heavy (non-hydrogen) atoms. The third kappa shape index (κ3) is 11.7. The van der Waals surface area contributed by atoms with Crippen molar-refractivity contribution in [1.29, 1.82) is 0 Å². The third-order valence-corrected chi connectivity index (χ3v) is 8.86. The van der Waals surface area contributed by atoms with Gasteiger partial charge in [-0.25, -0.2) is 4.79 Å². The van der Waals surface area contributed by atoms with Crippen LogP contribution in [0.1, 0.15) is 63.4 Å². The fourth-order valence-corrected chi connectivity index (χ4v) is 6.22. The highest BCUT2D eigenvalue weighted by molar-refractivity contribution is 5.97. The number of aliphatic carboxylic acids is 3. The van der Waals surface area contributed by atoms with Crippen LogP contribution in [0.3, 0.4) is 0 Å². The zero-order valence-corrected chi connectivity index (χ0v) is 28.4. The molecule has 0 bridgehead atoms. The fourth-order valence-electron chi connectivity index (χ4n) is 6.22. The number of rotatable bonds is 19. The van der Waals surface area contributed by atoms with Crippen LogP contribution >= 0.6 is 0 Å². The molecule has 1 aromatic rings. The van der Waals surface area contributed by atoms with E-state index in [1.807, 2.05) is 0 Å². The summed E-state index contributed by atoms with van der Waals surface area (Å²) in [6.45, 7) is 0.235. The van der Waals surface area contributed by atoms with E-state index in [2.05, 4.69) is 16.0 Å². The van der Waals surface area contributed by atoms with Gasteiger partial charge in [0.05, 0.1) is 12.5 Å². The van der Waals surface area contributed by atoms with Crippen LogP contribution in [0.5, 0.6) is 0 Å². The Morgan fingerprint density at radius 2 is 1.27 bits per heavy atom. The maximum atomic E-state index is 14.0. The molecular formula is C33H45N7O12. The van der Waals surface area contributed by atoms with Crippen molar-refractivity contribution in [1.82, 2.24) is 25.8 Å². The Morgan fingerprint density at radius 3 is 1.85 bits per heavy atom. The van der Waals surface area contributed by atoms with Crippen molar-refractivity contribution in [3.05, 3.63) is 35.9 Å². The Hall–Kier alpha value is -5.59. The molecule has 0 aliphatic carbocycles. The van der Waals surface area contributed by atoms with Gasteiger partial charge >= 0.3 is 17.9 Å². The lowest BCUT2D eigenvalue weighted by Gasteiger charge is -2.32. The molecule has 0 unspecified atom stereocenters. The number of carboxylic acids is 3. The fraction of sp³-hybridized carbons (Fsp3) is 0.545. The maximum Gasteiger partial charge on any atom is 0.326 e. The number of carbonyl (C=O) groups is 9. The van der Waals surface area contributed by atoms with Gasteiger partial charge < -0.3 is 52.5 Å². The monoisotopic (exact) mass is 731 g/mol. The number of amides is 6. The molecule has 10 N–H and O–H groups in total. The van der Waals surface area contributed by atoms with Gasteiger partial charge in [0, 0.05) is 32.4 Å². The molecule has 19 nitrogen and oxygen atoms in total. The number of carbonyl (C=O) groups excluding carboxylic acids is 6. The van der Waals surface area contributed by atoms with Gasteiger partial charge in [-0.15, -0.1) is 0 Å². The summed E-state index contributed by atoms with van der Waals surface area (Å²) in [7, 11) is 0. The highest BCUT2D eigenvalue weighted by Crippen LogP contribution is 2.23. The van der Waals surface area contributed by atoms with Crippen molar-refractivity contribution in [2.45, 2.75) is 100 Å². The zero-order chi connectivity index (χ0) is 38.5. The third-order valence-electron chi connectivity index (χ3n) is 8.86. The minimum atomic E-state index is -1.58. The Labute approximate surface area is 298 Å². The molecule has 19 heteroatoms. The second-order valence-corrected chi connectivity index (χ2v) is 12.7. The molecule has 2 saturated heterocycles. The van der Waals surface area contributed by atoms with Crippen molar-refractivity contribution >= 4 is 53.4 Å². The molecule has 6 atom stereocenters. The zero-order valence-electron chi connectivity index (χ0n) is 28.4. The number of nitrogens with two attached hydrogens (primary N) is 2. The van der Waals surface area contributed by atoms with E-state index in [0.29, 0.717) is 18.4 Å². The molecule has 6 amide bonds. The molecule has 0 spiro atoms. The summed E-state index contributed by atoms with van der Waals surface area (Å²) in [5.41, 5.74) is 11.6. The number of nitrogens with zero attached hydrogens (tertiary/aromatic N) is 2. The molecule has 1 aromatic carbocycles. The number of primary amides is 1. The van der Waals surface area contributed by atoms with Crippen LogP contribution in [0, 0.1) is 0 Å². The normalized spacial score (nSPS) is 19.1. The summed E-state index contributed by atoms with van der Waals surface area (Å²) in [6.07, 6.45) is -1.29. The molecule has 3 rings (SSSR count). The average molecular weight is 732 g/mol. The van der Waals surface area contributed by atoms with Crippen molar-refractivity contribution in [3.63, 3.8) is 0 Å². The molecule has 2 aliphatic rings. The van der Waals surface area contributed by atoms with E-state index in [-0.39, 0.29) is 45.2 Å². The first kappa shape index (κ1) is 40.8. The largest absolute Gasteiger partial charge is 0.481 e. The van der Waals surface area contributed by atoms with E-state index in [1.54, 1.807) is 30.3 Å². The van der Waals surface area contributed by atoms with Crippen LogP contribution < -0.4 is 27.4 Å². The van der Waals surface area contributed by atoms with E-state index >= 15 is 0 Å². The Morgan fingerprint density at radius 1 is 0.712 bits per heavy atom. The molecular weight excluding hydrogens is 686 g/mol. The summed E-state index contributed by atoms with van der Waals surface area (Å²) in [4.78, 5) is 116. The number of hydrogen-bond acceptors (Lipinski definition) is 10. The molecule has 0 aromatic heterocycles. The van der Waals surface area contributed by atoms with E-state index in [1.165, 1.54) is 9.80 Å². The molecule has 2 heterocycles. The highest BCUT2D eigenvalue weighted by Gasteiger charge is 2.42. The number of carboxylic acid groups (broad SMARTS) is 3. The highest BCUT2D eigenvalue weighted by atomic mass is 16.4. The Bertz CT molecular complexity index is 1520. The van der Waals surface area contributed by atoms with Crippen LogP contribution in [-0.2, 0) is 49.6 Å². The van der Waals surface area contributed by atoms with Crippen LogP contribution in [0.25, 0.3) is 0 Å². The van der Waals surface area contributed by atoms with Crippen molar-refractivity contribution in [2.75, 3.05) is 13.1 Å². The lowest BCUT2D eigenvalue weighted by molar-refractivity contribution is -0.149. The van der Waals surface area contributed by atoms with Crippen molar-refractivity contribution in [2.24, 2.45) is 11.5 Å². The minimum Gasteiger partial charge on any atom is -0.481 e. The van der Waals surface area contributed by atoms with Crippen LogP contribution in [0.15, 0.2) is 30.3 Å². The summed E-state index contributed by atoms with van der Waals surface area (Å²) >= 11 is 0. The first-order chi connectivity index (χ1) is 24.6. The molecule has 0 saturated carbocycles. The predicted octanol–water partition coefficient (Wildman–Crippen LogP) is -2.32. The maximum absolute atomic E-state index is 14.0. The molecule has 2 fully saturated rings. The first-order valence-corrected chi connectivity index (χ1v) is 16.8. The molecule has 284 valence electrons. The van der Waals surface area contributed by atoms with Gasteiger partial charge in [0.2, 0.25) is 35.4 Å². The van der Waals surface area contributed by atoms with Gasteiger partial charge in [-0.05, 0) is 44.1 Å². The van der Waals surface area contributed by atoms with Gasteiger partial charge in [-0.1, -0.05) is 30.3 Å². The van der Waals surface area contributed by atoms with Gasteiger partial charge in [0.25, 0.3) is 0 Å². The summed E-state index contributed by atoms with van der Waals surface area (Å²) < 4.78 is 0. The van der Waals surface area contributed by atoms with E-state index < -0.39 is 109 Å². The summed E-state index contributed by atoms with van der Waals surface area (Å²) in [5, 5.41) is 35.1. The Kier molecular flexibility index (Phi) is 15.0. The number of hydrogen-bond donors (Lipinski definition) is 8. The quantitative estimate of drug-likeness (QED) is 0.0742. The van der Waals surface area contributed by atoms with Gasteiger partial charge in [-0.2, -0.15) is 0 Å². The van der Waals surface area contributed by atoms with E-state index in [0.717, 1.165) is 0 Å². The summed E-state index contributed by atoms with van der Waals surface area (Å²) in [5.74, 6) is -8.89. The van der Waals surface area contributed by atoms with Crippen LogP contribution in [0.2, 0.25) is 0 Å². The van der Waals surface area contributed by atoms with E-state index in [9.17, 15) is 53.4 Å². The van der Waals surface area contributed by atoms with Gasteiger partial charge in [0.1, 0.15) is 30.2 Å². The summed E-state index contributed by atoms with van der Waals surface area (Å²) in [6, 6.07) is 0.757.